The van der Waals surface area contributed by atoms with Gasteiger partial charge in [0.2, 0.25) is 5.96 Å². The van der Waals surface area contributed by atoms with E-state index in [4.69, 9.17) is 16.6 Å². The lowest BCUT2D eigenvalue weighted by Crippen LogP contribution is -2.40. The summed E-state index contributed by atoms with van der Waals surface area (Å²) in [5, 5.41) is 14.9. The number of fused-ring (bicyclic) bond motifs is 1. The Labute approximate surface area is 256 Å². The van der Waals surface area contributed by atoms with Crippen LogP contribution in [0.3, 0.4) is 0 Å². The number of hydrazine groups is 1. The number of nitrogens with two attached hydrogens (primary N) is 2. The van der Waals surface area contributed by atoms with E-state index >= 15 is 0 Å². The number of hydrogen-bond donors (Lipinski definition) is 3. The maximum atomic E-state index is 13.6. The molecule has 1 saturated carbocycles. The Morgan fingerprint density at radius 2 is 1.62 bits per heavy atom. The number of carboxylic acid groups (broad SMARTS) is 1. The second-order valence-corrected chi connectivity index (χ2v) is 11.2. The van der Waals surface area contributed by atoms with Crippen LogP contribution < -0.4 is 16.5 Å². The highest BCUT2D eigenvalue weighted by atomic mass is 19.4. The summed E-state index contributed by atoms with van der Waals surface area (Å²) in [7, 11) is 1.36. The minimum absolute atomic E-state index is 0.0431. The Kier molecular flexibility index (Phi) is 10.00. The van der Waals surface area contributed by atoms with Gasteiger partial charge in [0.1, 0.15) is 5.82 Å². The van der Waals surface area contributed by atoms with Gasteiger partial charge in [-0.15, -0.1) is 5.10 Å². The molecule has 4 rings (SSSR count). The van der Waals surface area contributed by atoms with E-state index in [1.807, 2.05) is 11.8 Å². The van der Waals surface area contributed by atoms with Crippen LogP contribution in [0.15, 0.2) is 47.6 Å². The van der Waals surface area contributed by atoms with Gasteiger partial charge < -0.3 is 20.6 Å². The largest absolute Gasteiger partial charge is 0.478 e. The first kappa shape index (κ1) is 33.6. The lowest BCUT2D eigenvalue weighted by atomic mass is 10.0. The highest BCUT2D eigenvalue weighted by Crippen LogP contribution is 2.37. The molecule has 0 aliphatic heterocycles. The number of aromatic carboxylic acids is 1. The van der Waals surface area contributed by atoms with E-state index in [9.17, 15) is 36.2 Å². The molecule has 3 aromatic rings. The molecule has 244 valence electrons. The van der Waals surface area contributed by atoms with Gasteiger partial charge in [0, 0.05) is 44.2 Å². The first-order valence-corrected chi connectivity index (χ1v) is 14.3. The van der Waals surface area contributed by atoms with Gasteiger partial charge in [0.05, 0.1) is 22.2 Å². The quantitative estimate of drug-likeness (QED) is 0.0809. The van der Waals surface area contributed by atoms with Gasteiger partial charge in [0.25, 0.3) is 0 Å². The van der Waals surface area contributed by atoms with Crippen LogP contribution in [0.1, 0.15) is 65.2 Å². The first-order valence-electron chi connectivity index (χ1n) is 14.3. The fraction of sp³-hybridized carbons (Fsp3) is 0.433. The van der Waals surface area contributed by atoms with E-state index in [0.29, 0.717) is 53.4 Å². The van der Waals surface area contributed by atoms with Crippen molar-refractivity contribution in [3.05, 3.63) is 70.3 Å². The molecule has 0 amide bonds. The average molecular weight is 640 g/mol. The maximum absolute atomic E-state index is 13.6. The molecule has 2 aromatic carbocycles. The third-order valence-corrected chi connectivity index (χ3v) is 7.72. The number of nitrogens with zero attached hydrogens (tertiary/aromatic N) is 5. The van der Waals surface area contributed by atoms with Crippen LogP contribution >= 0.6 is 0 Å². The van der Waals surface area contributed by atoms with Gasteiger partial charge in [0.15, 0.2) is 0 Å². The summed E-state index contributed by atoms with van der Waals surface area (Å²) in [5.74, 6) is 5.18. The highest BCUT2D eigenvalue weighted by molar-refractivity contribution is 5.93. The van der Waals surface area contributed by atoms with E-state index in [-0.39, 0.29) is 29.7 Å². The molecule has 1 fully saturated rings. The number of carbonyl (C=O) groups is 1. The molecule has 0 bridgehead atoms. The molecule has 15 heteroatoms. The molecule has 1 aliphatic rings. The number of alkyl halides is 6. The lowest BCUT2D eigenvalue weighted by molar-refractivity contribution is -0.143. The fourth-order valence-electron chi connectivity index (χ4n) is 5.57. The number of hydrazone groups is 1. The minimum Gasteiger partial charge on any atom is -0.478 e. The van der Waals surface area contributed by atoms with Gasteiger partial charge in [-0.2, -0.15) is 26.3 Å². The standard InChI is InChI=1S/C30H35F6N7O2/c1-3-42(15-18-6-4-5-7-18)26-22(12-20-8-9-21(27(44)45)13-25(20)39-26)17-43(28(37)40-41(2)38)16-19-10-23(29(31,32)33)14-24(11-19)30(34,35)36/h8-14,18H,3-7,15-17,38H2,1-2H3,(H2,37,40)(H,44,45). The molecule has 5 N–H and O–H groups in total. The Hall–Kier alpha value is -4.27. The number of hydrogen-bond acceptors (Lipinski definition) is 6. The van der Waals surface area contributed by atoms with Gasteiger partial charge in [-0.3, -0.25) is 0 Å². The number of halogens is 6. The minimum atomic E-state index is -5.02. The summed E-state index contributed by atoms with van der Waals surface area (Å²) in [4.78, 5) is 19.8. The number of rotatable bonds is 10. The normalized spacial score (nSPS) is 14.6. The molecule has 1 aromatic heterocycles. The van der Waals surface area contributed by atoms with Crippen LogP contribution in [0.25, 0.3) is 10.9 Å². The first-order chi connectivity index (χ1) is 21.0. The third kappa shape index (κ3) is 8.47. The maximum Gasteiger partial charge on any atom is 0.416 e. The number of aromatic nitrogens is 1. The average Bonchev–Trinajstić information content (AvgIpc) is 3.47. The highest BCUT2D eigenvalue weighted by Gasteiger charge is 2.37. The predicted octanol–water partition coefficient (Wildman–Crippen LogP) is 6.02. The second-order valence-electron chi connectivity index (χ2n) is 11.2. The summed E-state index contributed by atoms with van der Waals surface area (Å²) >= 11 is 0. The van der Waals surface area contributed by atoms with Crippen molar-refractivity contribution in [3.8, 4) is 0 Å². The van der Waals surface area contributed by atoms with E-state index in [2.05, 4.69) is 5.10 Å². The van der Waals surface area contributed by atoms with Crippen molar-refractivity contribution in [1.29, 1.82) is 0 Å². The number of pyridine rings is 1. The third-order valence-electron chi connectivity index (χ3n) is 7.72. The Morgan fingerprint density at radius 3 is 2.16 bits per heavy atom. The van der Waals surface area contributed by atoms with Crippen LogP contribution in [0, 0.1) is 5.92 Å². The molecule has 1 aliphatic carbocycles. The zero-order chi connectivity index (χ0) is 33.1. The van der Waals surface area contributed by atoms with Gasteiger partial charge in [-0.1, -0.05) is 18.9 Å². The summed E-state index contributed by atoms with van der Waals surface area (Å²) in [5.41, 5.74) is 4.06. The Balaban J connectivity index is 1.84. The van der Waals surface area contributed by atoms with E-state index in [1.54, 1.807) is 12.1 Å². The number of benzene rings is 2. The number of anilines is 1. The molecule has 1 heterocycles. The van der Waals surface area contributed by atoms with Crippen molar-refractivity contribution in [2.24, 2.45) is 22.6 Å². The topological polar surface area (TPSA) is 124 Å². The molecular weight excluding hydrogens is 604 g/mol. The number of guanidine groups is 1. The van der Waals surface area contributed by atoms with Crippen LogP contribution in [0.5, 0.6) is 0 Å². The fourth-order valence-corrected chi connectivity index (χ4v) is 5.57. The molecule has 0 saturated heterocycles. The molecule has 9 nitrogen and oxygen atoms in total. The van der Waals surface area contributed by atoms with Gasteiger partial charge >= 0.3 is 18.3 Å². The molecule has 0 radical (unpaired) electrons. The molecule has 45 heavy (non-hydrogen) atoms. The predicted molar refractivity (Wildman–Crippen MR) is 158 cm³/mol. The monoisotopic (exact) mass is 639 g/mol. The molecule has 0 atom stereocenters. The van der Waals surface area contributed by atoms with Crippen molar-refractivity contribution in [3.63, 3.8) is 0 Å². The van der Waals surface area contributed by atoms with Crippen molar-refractivity contribution in [2.75, 3.05) is 25.0 Å². The zero-order valence-corrected chi connectivity index (χ0v) is 24.8. The summed E-state index contributed by atoms with van der Waals surface area (Å²) < 4.78 is 81.7. The van der Waals surface area contributed by atoms with E-state index in [0.717, 1.165) is 30.8 Å². The van der Waals surface area contributed by atoms with Crippen LogP contribution in [0.2, 0.25) is 0 Å². The van der Waals surface area contributed by atoms with Crippen molar-refractivity contribution in [2.45, 2.75) is 58.0 Å². The summed E-state index contributed by atoms with van der Waals surface area (Å²) in [6.07, 6.45) is -5.77. The van der Waals surface area contributed by atoms with Crippen LogP contribution in [-0.4, -0.2) is 52.2 Å². The van der Waals surface area contributed by atoms with Crippen molar-refractivity contribution < 1.29 is 36.2 Å². The lowest BCUT2D eigenvalue weighted by Gasteiger charge is -2.31. The number of carboxylic acids is 1. The van der Waals surface area contributed by atoms with Crippen molar-refractivity contribution in [1.82, 2.24) is 15.0 Å². The smallest absolute Gasteiger partial charge is 0.416 e. The van der Waals surface area contributed by atoms with Crippen LogP contribution in [0.4, 0.5) is 32.2 Å². The molecule has 0 unspecified atom stereocenters. The van der Waals surface area contributed by atoms with Gasteiger partial charge in [-0.25, -0.2) is 20.7 Å². The SMILES string of the molecule is CCN(CC1CCCC1)c1nc2cc(C(=O)O)ccc2cc1CN(Cc1cc(C(F)(F)F)cc(C(F)(F)F)c1)/C(N)=N/N(C)N. The summed E-state index contributed by atoms with van der Waals surface area (Å²) in [6.45, 7) is 2.56. The molecule has 0 spiro atoms. The second kappa shape index (κ2) is 13.4. The summed E-state index contributed by atoms with van der Waals surface area (Å²) in [6, 6.07) is 7.58. The van der Waals surface area contributed by atoms with E-state index < -0.39 is 36.0 Å². The van der Waals surface area contributed by atoms with E-state index in [1.165, 1.54) is 24.1 Å². The zero-order valence-electron chi connectivity index (χ0n) is 24.8. The molecular formula is C30H35F6N7O2. The van der Waals surface area contributed by atoms with Crippen LogP contribution in [-0.2, 0) is 25.4 Å². The Bertz CT molecular complexity index is 1520. The van der Waals surface area contributed by atoms with Gasteiger partial charge in [-0.05, 0) is 67.6 Å². The Morgan fingerprint density at radius 1 is 1.00 bits per heavy atom. The van der Waals surface area contributed by atoms with Crippen molar-refractivity contribution >= 4 is 28.6 Å².